The third kappa shape index (κ3) is 4.76. The smallest absolute Gasteiger partial charge is 0.242 e. The molecule has 0 aliphatic heterocycles. The molecule has 0 heterocycles. The second-order valence-electron chi connectivity index (χ2n) is 4.65. The summed E-state index contributed by atoms with van der Waals surface area (Å²) in [4.78, 5) is 0.352. The van der Waals surface area contributed by atoms with Crippen LogP contribution in [-0.2, 0) is 10.0 Å². The summed E-state index contributed by atoms with van der Waals surface area (Å²) in [7, 11) is 0.0433. The third-order valence-corrected chi connectivity index (χ3v) is 4.80. The third-order valence-electron chi connectivity index (χ3n) is 2.93. The SMILES string of the molecule is CNCCN(C)S(=O)(=O)c1ccc(C(C)C)cc1.Cl. The molecule has 0 atom stereocenters. The molecule has 0 fully saturated rings. The molecular weight excluding hydrogens is 284 g/mol. The average Bonchev–Trinajstić information content (AvgIpc) is 2.35. The first kappa shape index (κ1) is 18.4. The number of likely N-dealkylation sites (N-methyl/N-ethyl adjacent to an activating group) is 2. The van der Waals surface area contributed by atoms with E-state index in [2.05, 4.69) is 19.2 Å². The Bertz CT molecular complexity index is 472. The lowest BCUT2D eigenvalue weighted by Crippen LogP contribution is -2.32. The molecule has 110 valence electrons. The molecule has 0 amide bonds. The van der Waals surface area contributed by atoms with Gasteiger partial charge in [0.25, 0.3) is 0 Å². The van der Waals surface area contributed by atoms with E-state index in [1.807, 2.05) is 12.1 Å². The molecule has 0 aliphatic carbocycles. The van der Waals surface area contributed by atoms with Crippen molar-refractivity contribution in [1.82, 2.24) is 9.62 Å². The molecule has 0 unspecified atom stereocenters. The van der Waals surface area contributed by atoms with Crippen LogP contribution >= 0.6 is 12.4 Å². The minimum Gasteiger partial charge on any atom is -0.318 e. The van der Waals surface area contributed by atoms with Crippen LogP contribution in [0.2, 0.25) is 0 Å². The lowest BCUT2D eigenvalue weighted by molar-refractivity contribution is 0.466. The van der Waals surface area contributed by atoms with E-state index in [1.54, 1.807) is 26.2 Å². The molecule has 19 heavy (non-hydrogen) atoms. The van der Waals surface area contributed by atoms with Crippen molar-refractivity contribution in [3.63, 3.8) is 0 Å². The van der Waals surface area contributed by atoms with E-state index >= 15 is 0 Å². The zero-order valence-electron chi connectivity index (χ0n) is 11.9. The van der Waals surface area contributed by atoms with Gasteiger partial charge in [-0.25, -0.2) is 8.42 Å². The van der Waals surface area contributed by atoms with E-state index in [9.17, 15) is 8.42 Å². The highest BCUT2D eigenvalue weighted by molar-refractivity contribution is 7.89. The summed E-state index contributed by atoms with van der Waals surface area (Å²) in [5.74, 6) is 0.406. The number of hydrogen-bond donors (Lipinski definition) is 1. The number of nitrogens with zero attached hydrogens (tertiary/aromatic N) is 1. The molecule has 1 aromatic rings. The van der Waals surface area contributed by atoms with Crippen molar-refractivity contribution in [3.05, 3.63) is 29.8 Å². The second kappa shape index (κ2) is 7.85. The maximum Gasteiger partial charge on any atom is 0.242 e. The zero-order chi connectivity index (χ0) is 13.8. The van der Waals surface area contributed by atoms with Crippen molar-refractivity contribution < 1.29 is 8.42 Å². The topological polar surface area (TPSA) is 49.4 Å². The molecule has 0 spiro atoms. The van der Waals surface area contributed by atoms with Gasteiger partial charge in [0, 0.05) is 20.1 Å². The van der Waals surface area contributed by atoms with Gasteiger partial charge in [0.05, 0.1) is 4.90 Å². The number of nitrogens with one attached hydrogen (secondary N) is 1. The summed E-state index contributed by atoms with van der Waals surface area (Å²) >= 11 is 0. The molecule has 4 nitrogen and oxygen atoms in total. The first-order chi connectivity index (χ1) is 8.39. The van der Waals surface area contributed by atoms with E-state index in [0.717, 1.165) is 5.56 Å². The molecule has 0 bridgehead atoms. The van der Waals surface area contributed by atoms with Crippen molar-refractivity contribution in [2.45, 2.75) is 24.7 Å². The largest absolute Gasteiger partial charge is 0.318 e. The van der Waals surface area contributed by atoms with Gasteiger partial charge in [0.1, 0.15) is 0 Å². The fraction of sp³-hybridized carbons (Fsp3) is 0.538. The van der Waals surface area contributed by atoms with Crippen molar-refractivity contribution in [2.75, 3.05) is 27.2 Å². The van der Waals surface area contributed by atoms with Gasteiger partial charge in [-0.3, -0.25) is 0 Å². The Hall–Kier alpha value is -0.620. The summed E-state index contributed by atoms with van der Waals surface area (Å²) in [6, 6.07) is 7.12. The van der Waals surface area contributed by atoms with Gasteiger partial charge in [-0.1, -0.05) is 26.0 Å². The van der Waals surface area contributed by atoms with Gasteiger partial charge in [-0.15, -0.1) is 12.4 Å². The van der Waals surface area contributed by atoms with Crippen molar-refractivity contribution in [2.24, 2.45) is 0 Å². The fourth-order valence-electron chi connectivity index (χ4n) is 1.59. The molecule has 0 radical (unpaired) electrons. The Labute approximate surface area is 122 Å². The number of halogens is 1. The lowest BCUT2D eigenvalue weighted by Gasteiger charge is -2.17. The molecule has 6 heteroatoms. The maximum absolute atomic E-state index is 12.2. The highest BCUT2D eigenvalue weighted by Crippen LogP contribution is 2.19. The highest BCUT2D eigenvalue weighted by Gasteiger charge is 2.19. The van der Waals surface area contributed by atoms with Crippen LogP contribution in [0.4, 0.5) is 0 Å². The number of sulfonamides is 1. The van der Waals surface area contributed by atoms with Crippen LogP contribution in [-0.4, -0.2) is 39.9 Å². The molecule has 1 N–H and O–H groups in total. The van der Waals surface area contributed by atoms with Crippen LogP contribution in [0.5, 0.6) is 0 Å². The Morgan fingerprint density at radius 1 is 1.21 bits per heavy atom. The monoisotopic (exact) mass is 306 g/mol. The van der Waals surface area contributed by atoms with Crippen LogP contribution in [0.25, 0.3) is 0 Å². The number of hydrogen-bond acceptors (Lipinski definition) is 3. The van der Waals surface area contributed by atoms with Gasteiger partial charge in [0.2, 0.25) is 10.0 Å². The van der Waals surface area contributed by atoms with Gasteiger partial charge in [-0.05, 0) is 30.7 Å². The number of rotatable bonds is 6. The van der Waals surface area contributed by atoms with Crippen LogP contribution in [0.1, 0.15) is 25.3 Å². The Morgan fingerprint density at radius 2 is 1.74 bits per heavy atom. The van der Waals surface area contributed by atoms with Crippen LogP contribution < -0.4 is 5.32 Å². The summed E-state index contributed by atoms with van der Waals surface area (Å²) in [5, 5.41) is 2.94. The minimum atomic E-state index is -3.36. The van der Waals surface area contributed by atoms with E-state index in [0.29, 0.717) is 23.9 Å². The van der Waals surface area contributed by atoms with Crippen LogP contribution in [0, 0.1) is 0 Å². The summed E-state index contributed by atoms with van der Waals surface area (Å²) in [6.07, 6.45) is 0. The van der Waals surface area contributed by atoms with Crippen LogP contribution in [0.3, 0.4) is 0 Å². The summed E-state index contributed by atoms with van der Waals surface area (Å²) < 4.78 is 25.8. The second-order valence-corrected chi connectivity index (χ2v) is 6.70. The highest BCUT2D eigenvalue weighted by atomic mass is 35.5. The van der Waals surface area contributed by atoms with Crippen molar-refractivity contribution in [1.29, 1.82) is 0 Å². The molecule has 1 rings (SSSR count). The first-order valence-corrected chi connectivity index (χ1v) is 7.54. The number of benzene rings is 1. The fourth-order valence-corrected chi connectivity index (χ4v) is 2.77. The molecule has 0 saturated heterocycles. The zero-order valence-corrected chi connectivity index (χ0v) is 13.5. The average molecular weight is 307 g/mol. The van der Waals surface area contributed by atoms with Gasteiger partial charge >= 0.3 is 0 Å². The maximum atomic E-state index is 12.2. The van der Waals surface area contributed by atoms with Gasteiger partial charge in [-0.2, -0.15) is 4.31 Å². The molecular formula is C13H23ClN2O2S. The summed E-state index contributed by atoms with van der Waals surface area (Å²) in [5.41, 5.74) is 1.15. The van der Waals surface area contributed by atoms with Gasteiger partial charge in [0.15, 0.2) is 0 Å². The van der Waals surface area contributed by atoms with Crippen LogP contribution in [0.15, 0.2) is 29.2 Å². The minimum absolute atomic E-state index is 0. The molecule has 0 aromatic heterocycles. The standard InChI is InChI=1S/C13H22N2O2S.ClH/c1-11(2)12-5-7-13(8-6-12)18(16,17)15(4)10-9-14-3;/h5-8,11,14H,9-10H2,1-4H3;1H. The van der Waals surface area contributed by atoms with E-state index in [1.165, 1.54) is 4.31 Å². The lowest BCUT2D eigenvalue weighted by atomic mass is 10.0. The van der Waals surface area contributed by atoms with Gasteiger partial charge < -0.3 is 5.32 Å². The van der Waals surface area contributed by atoms with E-state index in [-0.39, 0.29) is 12.4 Å². The van der Waals surface area contributed by atoms with E-state index in [4.69, 9.17) is 0 Å². The molecule has 0 saturated carbocycles. The first-order valence-electron chi connectivity index (χ1n) is 6.10. The Balaban J connectivity index is 0.00000324. The molecule has 0 aliphatic rings. The van der Waals surface area contributed by atoms with E-state index < -0.39 is 10.0 Å². The molecule has 1 aromatic carbocycles. The van der Waals surface area contributed by atoms with Crippen molar-refractivity contribution >= 4 is 22.4 Å². The predicted molar refractivity (Wildman–Crippen MR) is 81.5 cm³/mol. The Morgan fingerprint density at radius 3 is 2.16 bits per heavy atom. The van der Waals surface area contributed by atoms with Crippen molar-refractivity contribution in [3.8, 4) is 0 Å². The Kier molecular flexibility index (Phi) is 7.59. The summed E-state index contributed by atoms with van der Waals surface area (Å²) in [6.45, 7) is 5.27. The predicted octanol–water partition coefficient (Wildman–Crippen LogP) is 2.07. The normalized spacial score (nSPS) is 11.7. The quantitative estimate of drug-likeness (QED) is 0.875.